The normalized spacial score (nSPS) is 11.0. The highest BCUT2D eigenvalue weighted by Crippen LogP contribution is 2.18. The Balaban J connectivity index is 2.76. The van der Waals surface area contributed by atoms with Gasteiger partial charge in [0.1, 0.15) is 11.3 Å². The molecule has 1 heterocycles. The molecule has 0 saturated carbocycles. The maximum atomic E-state index is 13.2. The van der Waals surface area contributed by atoms with Crippen molar-refractivity contribution in [2.24, 2.45) is 0 Å². The molecule has 5 heteroatoms. The first kappa shape index (κ1) is 8.44. The van der Waals surface area contributed by atoms with Crippen LogP contribution in [0.3, 0.4) is 0 Å². The van der Waals surface area contributed by atoms with Crippen molar-refractivity contribution in [1.29, 1.82) is 0 Å². The van der Waals surface area contributed by atoms with E-state index in [0.29, 0.717) is 4.79 Å². The molecule has 2 rings (SSSR count). The smallest absolute Gasteiger partial charge is 0.155 e. The molecule has 0 fully saturated rings. The SMILES string of the molecule is Fc1ccc2c(c1)nc(CCl)n2F. The molecular formula is C8H5ClF2N2. The monoisotopic (exact) mass is 202 g/mol. The number of imidazole rings is 1. The summed E-state index contributed by atoms with van der Waals surface area (Å²) in [4.78, 5) is 4.17. The average Bonchev–Trinajstić information content (AvgIpc) is 2.42. The number of rotatable bonds is 1. The van der Waals surface area contributed by atoms with Crippen molar-refractivity contribution in [2.45, 2.75) is 5.88 Å². The second-order valence-electron chi connectivity index (χ2n) is 2.58. The third kappa shape index (κ3) is 1.27. The molecular weight excluding hydrogens is 198 g/mol. The van der Waals surface area contributed by atoms with Gasteiger partial charge in [-0.25, -0.2) is 9.37 Å². The summed E-state index contributed by atoms with van der Waals surface area (Å²) < 4.78 is 25.9. The Morgan fingerprint density at radius 3 is 2.92 bits per heavy atom. The molecule has 0 aliphatic carbocycles. The van der Waals surface area contributed by atoms with E-state index in [0.717, 1.165) is 0 Å². The van der Waals surface area contributed by atoms with E-state index in [4.69, 9.17) is 11.6 Å². The molecule has 13 heavy (non-hydrogen) atoms. The molecule has 1 aromatic carbocycles. The van der Waals surface area contributed by atoms with Crippen LogP contribution in [0, 0.1) is 5.82 Å². The van der Waals surface area contributed by atoms with E-state index < -0.39 is 5.82 Å². The van der Waals surface area contributed by atoms with Crippen molar-refractivity contribution in [3.63, 3.8) is 0 Å². The number of alkyl halides is 1. The maximum Gasteiger partial charge on any atom is 0.155 e. The van der Waals surface area contributed by atoms with Gasteiger partial charge in [-0.3, -0.25) is 0 Å². The number of fused-ring (bicyclic) bond motifs is 1. The molecule has 0 radical (unpaired) electrons. The molecule has 0 saturated heterocycles. The number of halogens is 3. The van der Waals surface area contributed by atoms with Gasteiger partial charge in [0.15, 0.2) is 5.82 Å². The van der Waals surface area contributed by atoms with Crippen LogP contribution in [0.1, 0.15) is 5.82 Å². The lowest BCUT2D eigenvalue weighted by atomic mass is 10.3. The lowest BCUT2D eigenvalue weighted by molar-refractivity contribution is 0.371. The number of nitrogens with zero attached hydrogens (tertiary/aromatic N) is 2. The van der Waals surface area contributed by atoms with Gasteiger partial charge in [-0.05, 0) is 12.1 Å². The third-order valence-corrected chi connectivity index (χ3v) is 1.98. The number of hydrogen-bond acceptors (Lipinski definition) is 1. The third-order valence-electron chi connectivity index (χ3n) is 1.74. The minimum atomic E-state index is -0.438. The van der Waals surface area contributed by atoms with Crippen molar-refractivity contribution >= 4 is 22.6 Å². The Hall–Kier alpha value is -1.16. The largest absolute Gasteiger partial charge is 0.229 e. The summed E-state index contributed by atoms with van der Waals surface area (Å²) in [6.07, 6.45) is 0. The zero-order valence-corrected chi connectivity index (χ0v) is 7.22. The lowest BCUT2D eigenvalue weighted by Gasteiger charge is -1.91. The molecule has 0 atom stereocenters. The van der Waals surface area contributed by atoms with E-state index in [1.54, 1.807) is 0 Å². The van der Waals surface area contributed by atoms with E-state index in [2.05, 4.69) is 4.98 Å². The van der Waals surface area contributed by atoms with Crippen LogP contribution < -0.4 is 0 Å². The quantitative estimate of drug-likeness (QED) is 0.650. The molecule has 0 N–H and O–H groups in total. The highest BCUT2D eigenvalue weighted by Gasteiger charge is 2.09. The second kappa shape index (κ2) is 2.96. The summed E-state index contributed by atoms with van der Waals surface area (Å²) in [6, 6.07) is 3.67. The first-order valence-electron chi connectivity index (χ1n) is 3.61. The number of aromatic nitrogens is 2. The molecule has 0 aliphatic heterocycles. The van der Waals surface area contributed by atoms with Gasteiger partial charge in [0.05, 0.1) is 11.4 Å². The lowest BCUT2D eigenvalue weighted by Crippen LogP contribution is -1.88. The van der Waals surface area contributed by atoms with Gasteiger partial charge >= 0.3 is 0 Å². The minimum absolute atomic E-state index is 0.0349. The Bertz CT molecular complexity index is 453. The molecule has 2 aromatic rings. The molecule has 0 amide bonds. The molecule has 2 nitrogen and oxygen atoms in total. The van der Waals surface area contributed by atoms with Crippen LogP contribution in [-0.4, -0.2) is 9.77 Å². The first-order valence-corrected chi connectivity index (χ1v) is 4.15. The first-order chi connectivity index (χ1) is 6.22. The van der Waals surface area contributed by atoms with Gasteiger partial charge in [0, 0.05) is 6.07 Å². The summed E-state index contributed by atoms with van der Waals surface area (Å²) in [5, 5.41) is 0. The van der Waals surface area contributed by atoms with Crippen LogP contribution in [0.5, 0.6) is 0 Å². The van der Waals surface area contributed by atoms with Gasteiger partial charge in [0.2, 0.25) is 0 Å². The van der Waals surface area contributed by atoms with Gasteiger partial charge < -0.3 is 0 Å². The Kier molecular flexibility index (Phi) is 1.92. The summed E-state index contributed by atoms with van der Waals surface area (Å²) in [5.41, 5.74) is 0.509. The maximum absolute atomic E-state index is 13.2. The zero-order valence-electron chi connectivity index (χ0n) is 6.47. The number of benzene rings is 1. The molecule has 0 unspecified atom stereocenters. The van der Waals surface area contributed by atoms with Gasteiger partial charge in [0.25, 0.3) is 0 Å². The van der Waals surface area contributed by atoms with E-state index in [-0.39, 0.29) is 22.7 Å². The van der Waals surface area contributed by atoms with Crippen LogP contribution in [0.2, 0.25) is 0 Å². The topological polar surface area (TPSA) is 17.8 Å². The zero-order chi connectivity index (χ0) is 9.42. The standard InChI is InChI=1S/C8H5ClF2N2/c9-4-8-12-6-3-5(10)1-2-7(6)13(8)11/h1-3H,4H2. The molecule has 0 spiro atoms. The highest BCUT2D eigenvalue weighted by atomic mass is 35.5. The second-order valence-corrected chi connectivity index (χ2v) is 2.84. The fourth-order valence-corrected chi connectivity index (χ4v) is 1.32. The van der Waals surface area contributed by atoms with Crippen LogP contribution in [-0.2, 0) is 5.88 Å². The van der Waals surface area contributed by atoms with E-state index in [9.17, 15) is 8.87 Å². The van der Waals surface area contributed by atoms with Crippen LogP contribution in [0.25, 0.3) is 11.0 Å². The average molecular weight is 203 g/mol. The van der Waals surface area contributed by atoms with E-state index in [1.165, 1.54) is 18.2 Å². The predicted octanol–water partition coefficient (Wildman–Crippen LogP) is 2.65. The Morgan fingerprint density at radius 1 is 1.46 bits per heavy atom. The Labute approximate surface area is 77.7 Å². The van der Waals surface area contributed by atoms with Crippen molar-refractivity contribution in [3.05, 3.63) is 29.8 Å². The van der Waals surface area contributed by atoms with Gasteiger partial charge in [-0.1, -0.05) is 4.48 Å². The van der Waals surface area contributed by atoms with Gasteiger partial charge in [-0.2, -0.15) is 4.79 Å². The van der Waals surface area contributed by atoms with Gasteiger partial charge in [-0.15, -0.1) is 11.6 Å². The summed E-state index contributed by atoms with van der Waals surface area (Å²) >= 11 is 5.43. The molecule has 0 bridgehead atoms. The van der Waals surface area contributed by atoms with Crippen molar-refractivity contribution < 1.29 is 8.87 Å². The molecule has 0 aliphatic rings. The summed E-state index contributed by atoms with van der Waals surface area (Å²) in [5.74, 6) is -0.388. The predicted molar refractivity (Wildman–Crippen MR) is 45.8 cm³/mol. The fraction of sp³-hybridized carbons (Fsp3) is 0.125. The Morgan fingerprint density at radius 2 is 2.23 bits per heavy atom. The number of hydrogen-bond donors (Lipinski definition) is 0. The van der Waals surface area contributed by atoms with Crippen LogP contribution in [0.15, 0.2) is 18.2 Å². The highest BCUT2D eigenvalue weighted by molar-refractivity contribution is 6.16. The minimum Gasteiger partial charge on any atom is -0.229 e. The van der Waals surface area contributed by atoms with Crippen LogP contribution >= 0.6 is 11.6 Å². The summed E-state index contributed by atoms with van der Waals surface area (Å²) in [6.45, 7) is 0. The van der Waals surface area contributed by atoms with E-state index in [1.807, 2.05) is 0 Å². The van der Waals surface area contributed by atoms with E-state index >= 15 is 0 Å². The fourth-order valence-electron chi connectivity index (χ4n) is 1.16. The van der Waals surface area contributed by atoms with Crippen molar-refractivity contribution in [3.8, 4) is 0 Å². The molecule has 68 valence electrons. The molecule has 1 aromatic heterocycles. The van der Waals surface area contributed by atoms with Crippen molar-refractivity contribution in [2.75, 3.05) is 0 Å². The summed E-state index contributed by atoms with van der Waals surface area (Å²) in [7, 11) is 0. The van der Waals surface area contributed by atoms with Crippen LogP contribution in [0.4, 0.5) is 8.87 Å². The van der Waals surface area contributed by atoms with Crippen molar-refractivity contribution in [1.82, 2.24) is 9.77 Å².